The molecule has 2 aromatic carbocycles. The third-order valence-corrected chi connectivity index (χ3v) is 4.42. The van der Waals surface area contributed by atoms with Crippen LogP contribution >= 0.6 is 12.2 Å². The second-order valence-electron chi connectivity index (χ2n) is 5.80. The van der Waals surface area contributed by atoms with Crippen molar-refractivity contribution in [3.05, 3.63) is 65.5 Å². The first-order valence-corrected chi connectivity index (χ1v) is 8.14. The zero-order valence-electron chi connectivity index (χ0n) is 12.9. The van der Waals surface area contributed by atoms with Crippen molar-refractivity contribution in [2.24, 2.45) is 5.73 Å². The third kappa shape index (κ3) is 4.06. The van der Waals surface area contributed by atoms with Crippen LogP contribution in [0.5, 0.6) is 0 Å². The minimum atomic E-state index is -0.190. The molecule has 0 radical (unpaired) electrons. The van der Waals surface area contributed by atoms with Gasteiger partial charge in [0.1, 0.15) is 10.8 Å². The fourth-order valence-corrected chi connectivity index (χ4v) is 3.02. The Morgan fingerprint density at radius 1 is 1.04 bits per heavy atom. The number of halogens is 1. The lowest BCUT2D eigenvalue weighted by atomic mass is 10.1. The van der Waals surface area contributed by atoms with E-state index in [0.717, 1.165) is 44.0 Å². The van der Waals surface area contributed by atoms with Crippen molar-refractivity contribution in [3.8, 4) is 0 Å². The highest BCUT2D eigenvalue weighted by atomic mass is 32.1. The predicted molar refractivity (Wildman–Crippen MR) is 96.2 cm³/mol. The van der Waals surface area contributed by atoms with Gasteiger partial charge in [-0.05, 0) is 35.9 Å². The Labute approximate surface area is 141 Å². The topological polar surface area (TPSA) is 32.5 Å². The van der Waals surface area contributed by atoms with Crippen LogP contribution in [0.4, 0.5) is 10.1 Å². The summed E-state index contributed by atoms with van der Waals surface area (Å²) in [4.78, 5) is 5.15. The number of piperazine rings is 1. The summed E-state index contributed by atoms with van der Waals surface area (Å²) in [6.45, 7) is 4.75. The van der Waals surface area contributed by atoms with Gasteiger partial charge in [-0.15, -0.1) is 0 Å². The molecule has 1 fully saturated rings. The molecule has 0 amide bonds. The molecular formula is C18H20FN3S. The summed E-state index contributed by atoms with van der Waals surface area (Å²) in [7, 11) is 0. The Morgan fingerprint density at radius 3 is 2.39 bits per heavy atom. The van der Waals surface area contributed by atoms with Crippen LogP contribution in [0.25, 0.3) is 0 Å². The maximum atomic E-state index is 13.0. The molecule has 1 saturated heterocycles. The van der Waals surface area contributed by atoms with Crippen molar-refractivity contribution in [1.82, 2.24) is 4.90 Å². The molecule has 0 unspecified atom stereocenters. The Morgan fingerprint density at radius 2 is 1.74 bits per heavy atom. The van der Waals surface area contributed by atoms with Gasteiger partial charge in [0.05, 0.1) is 0 Å². The minimum absolute atomic E-state index is 0.190. The number of thiocarbonyl (C=S) groups is 1. The lowest BCUT2D eigenvalue weighted by Crippen LogP contribution is -2.45. The monoisotopic (exact) mass is 329 g/mol. The van der Waals surface area contributed by atoms with Gasteiger partial charge in [-0.2, -0.15) is 0 Å². The average Bonchev–Trinajstić information content (AvgIpc) is 2.57. The number of nitrogens with two attached hydrogens (primary N) is 1. The molecule has 120 valence electrons. The number of rotatable bonds is 4. The van der Waals surface area contributed by atoms with Crippen LogP contribution in [-0.4, -0.2) is 36.1 Å². The standard InChI is InChI=1S/C18H20FN3S/c19-16-4-6-17(7-5-16)22-10-8-21(9-11-22)13-14-2-1-3-15(12-14)18(20)23/h1-7,12H,8-11,13H2,(H2,20,23). The Bertz CT molecular complexity index is 679. The summed E-state index contributed by atoms with van der Waals surface area (Å²) in [5, 5.41) is 0. The fraction of sp³-hybridized carbons (Fsp3) is 0.278. The second kappa shape index (κ2) is 7.06. The van der Waals surface area contributed by atoms with E-state index >= 15 is 0 Å². The highest BCUT2D eigenvalue weighted by Crippen LogP contribution is 2.18. The van der Waals surface area contributed by atoms with Crippen LogP contribution in [-0.2, 0) is 6.54 Å². The van der Waals surface area contributed by atoms with Crippen LogP contribution in [0.3, 0.4) is 0 Å². The predicted octanol–water partition coefficient (Wildman–Crippen LogP) is 2.78. The molecule has 0 spiro atoms. The molecule has 0 bridgehead atoms. The highest BCUT2D eigenvalue weighted by molar-refractivity contribution is 7.80. The number of hydrogen-bond donors (Lipinski definition) is 1. The van der Waals surface area contributed by atoms with E-state index in [1.807, 2.05) is 24.3 Å². The van der Waals surface area contributed by atoms with Crippen molar-refractivity contribution in [1.29, 1.82) is 0 Å². The Hall–Kier alpha value is -1.98. The molecule has 1 heterocycles. The Balaban J connectivity index is 1.58. The highest BCUT2D eigenvalue weighted by Gasteiger charge is 2.17. The summed E-state index contributed by atoms with van der Waals surface area (Å²) in [6.07, 6.45) is 0. The molecule has 5 heteroatoms. The molecule has 3 nitrogen and oxygen atoms in total. The summed E-state index contributed by atoms with van der Waals surface area (Å²) in [5.74, 6) is -0.190. The van der Waals surface area contributed by atoms with E-state index < -0.39 is 0 Å². The van der Waals surface area contributed by atoms with Crippen LogP contribution < -0.4 is 10.6 Å². The number of benzene rings is 2. The maximum Gasteiger partial charge on any atom is 0.123 e. The van der Waals surface area contributed by atoms with Gasteiger partial charge in [0.25, 0.3) is 0 Å². The van der Waals surface area contributed by atoms with Crippen molar-refractivity contribution in [2.45, 2.75) is 6.54 Å². The zero-order valence-corrected chi connectivity index (χ0v) is 13.7. The average molecular weight is 329 g/mol. The van der Waals surface area contributed by atoms with Gasteiger partial charge in [-0.25, -0.2) is 4.39 Å². The number of hydrogen-bond acceptors (Lipinski definition) is 3. The molecule has 0 aromatic heterocycles. The first-order chi connectivity index (χ1) is 11.1. The molecule has 2 N–H and O–H groups in total. The van der Waals surface area contributed by atoms with Crippen LogP contribution in [0, 0.1) is 5.82 Å². The van der Waals surface area contributed by atoms with E-state index in [2.05, 4.69) is 21.9 Å². The smallest absolute Gasteiger partial charge is 0.123 e. The van der Waals surface area contributed by atoms with Gasteiger partial charge < -0.3 is 10.6 Å². The molecule has 1 aliphatic rings. The third-order valence-electron chi connectivity index (χ3n) is 4.18. The molecule has 0 atom stereocenters. The van der Waals surface area contributed by atoms with Crippen LogP contribution in [0.2, 0.25) is 0 Å². The lowest BCUT2D eigenvalue weighted by Gasteiger charge is -2.36. The van der Waals surface area contributed by atoms with E-state index in [1.165, 1.54) is 17.7 Å². The molecule has 1 aliphatic heterocycles. The largest absolute Gasteiger partial charge is 0.389 e. The first kappa shape index (κ1) is 15.9. The van der Waals surface area contributed by atoms with E-state index in [-0.39, 0.29) is 5.82 Å². The summed E-state index contributed by atoms with van der Waals surface area (Å²) in [6, 6.07) is 14.8. The first-order valence-electron chi connectivity index (χ1n) is 7.73. The molecule has 0 saturated carbocycles. The second-order valence-corrected chi connectivity index (χ2v) is 6.24. The maximum absolute atomic E-state index is 13.0. The van der Waals surface area contributed by atoms with Gasteiger partial charge in [-0.3, -0.25) is 4.90 Å². The van der Waals surface area contributed by atoms with Gasteiger partial charge in [0, 0.05) is 44.0 Å². The fourth-order valence-electron chi connectivity index (χ4n) is 2.90. The van der Waals surface area contributed by atoms with Gasteiger partial charge in [0.15, 0.2) is 0 Å². The normalized spacial score (nSPS) is 15.6. The zero-order chi connectivity index (χ0) is 16.2. The number of anilines is 1. The van der Waals surface area contributed by atoms with Crippen molar-refractivity contribution in [3.63, 3.8) is 0 Å². The molecule has 0 aliphatic carbocycles. The van der Waals surface area contributed by atoms with E-state index in [9.17, 15) is 4.39 Å². The van der Waals surface area contributed by atoms with Crippen molar-refractivity contribution >= 4 is 22.9 Å². The molecular weight excluding hydrogens is 309 g/mol. The summed E-state index contributed by atoms with van der Waals surface area (Å²) < 4.78 is 13.0. The Kier molecular flexibility index (Phi) is 4.88. The van der Waals surface area contributed by atoms with Gasteiger partial charge in [0.2, 0.25) is 0 Å². The van der Waals surface area contributed by atoms with Crippen molar-refractivity contribution in [2.75, 3.05) is 31.1 Å². The van der Waals surface area contributed by atoms with E-state index in [4.69, 9.17) is 18.0 Å². The van der Waals surface area contributed by atoms with Gasteiger partial charge >= 0.3 is 0 Å². The van der Waals surface area contributed by atoms with Crippen LogP contribution in [0.1, 0.15) is 11.1 Å². The van der Waals surface area contributed by atoms with Crippen LogP contribution in [0.15, 0.2) is 48.5 Å². The van der Waals surface area contributed by atoms with E-state index in [0.29, 0.717) is 4.99 Å². The van der Waals surface area contributed by atoms with Gasteiger partial charge in [-0.1, -0.05) is 30.4 Å². The molecule has 23 heavy (non-hydrogen) atoms. The minimum Gasteiger partial charge on any atom is -0.389 e. The van der Waals surface area contributed by atoms with Crippen molar-refractivity contribution < 1.29 is 4.39 Å². The summed E-state index contributed by atoms with van der Waals surface area (Å²) in [5.41, 5.74) is 8.92. The van der Waals surface area contributed by atoms with E-state index in [1.54, 1.807) is 0 Å². The number of nitrogens with zero attached hydrogens (tertiary/aromatic N) is 2. The molecule has 3 rings (SSSR count). The molecule has 2 aromatic rings. The summed E-state index contributed by atoms with van der Waals surface area (Å²) >= 11 is 5.04. The lowest BCUT2D eigenvalue weighted by molar-refractivity contribution is 0.250. The quantitative estimate of drug-likeness (QED) is 0.875. The SMILES string of the molecule is NC(=S)c1cccc(CN2CCN(c3ccc(F)cc3)CC2)c1.